The average molecular weight is 376 g/mol. The number of benzene rings is 2. The van der Waals surface area contributed by atoms with E-state index in [1.54, 1.807) is 24.3 Å². The van der Waals surface area contributed by atoms with Crippen molar-refractivity contribution in [2.24, 2.45) is 5.73 Å². The van der Waals surface area contributed by atoms with Crippen LogP contribution in [0.25, 0.3) is 0 Å². The Balaban J connectivity index is 0.00000338. The maximum absolute atomic E-state index is 12.2. The lowest BCUT2D eigenvalue weighted by molar-refractivity contribution is -0.116. The van der Waals surface area contributed by atoms with Gasteiger partial charge in [-0.2, -0.15) is 0 Å². The molecule has 26 heavy (non-hydrogen) atoms. The molecule has 0 unspecified atom stereocenters. The van der Waals surface area contributed by atoms with E-state index in [1.165, 1.54) is 5.56 Å². The Morgan fingerprint density at radius 2 is 1.65 bits per heavy atom. The first-order valence-corrected chi connectivity index (χ1v) is 8.59. The second-order valence-electron chi connectivity index (χ2n) is 5.81. The van der Waals surface area contributed by atoms with Gasteiger partial charge in [-0.05, 0) is 36.1 Å². The highest BCUT2D eigenvalue weighted by Gasteiger charge is 2.12. The molecule has 0 atom stereocenters. The number of aryl methyl sites for hydroxylation is 2. The van der Waals surface area contributed by atoms with Gasteiger partial charge in [-0.1, -0.05) is 43.3 Å². The minimum atomic E-state index is -0.239. The summed E-state index contributed by atoms with van der Waals surface area (Å²) in [6.07, 6.45) is 2.03. The van der Waals surface area contributed by atoms with Gasteiger partial charge in [0, 0.05) is 19.5 Å². The van der Waals surface area contributed by atoms with E-state index in [-0.39, 0.29) is 24.2 Å². The third kappa shape index (κ3) is 6.50. The molecule has 0 fully saturated rings. The van der Waals surface area contributed by atoms with Crippen LogP contribution in [-0.2, 0) is 17.6 Å². The van der Waals surface area contributed by atoms with E-state index in [4.69, 9.17) is 5.73 Å². The minimum absolute atomic E-state index is 0. The number of nitrogens with two attached hydrogens (primary N) is 1. The number of halogens is 1. The molecule has 140 valence electrons. The van der Waals surface area contributed by atoms with Crippen LogP contribution in [-0.4, -0.2) is 24.9 Å². The van der Waals surface area contributed by atoms with Crippen molar-refractivity contribution in [3.63, 3.8) is 0 Å². The lowest BCUT2D eigenvalue weighted by Gasteiger charge is -2.11. The van der Waals surface area contributed by atoms with Crippen LogP contribution in [0, 0.1) is 0 Å². The SMILES string of the molecule is CCc1ccc(CCC(=O)Nc2ccccc2C(=O)NCCN)cc1.Cl. The Morgan fingerprint density at radius 3 is 2.31 bits per heavy atom. The summed E-state index contributed by atoms with van der Waals surface area (Å²) in [7, 11) is 0. The van der Waals surface area contributed by atoms with Crippen LogP contribution in [0.2, 0.25) is 0 Å². The van der Waals surface area contributed by atoms with E-state index in [0.717, 1.165) is 12.0 Å². The number of carbonyl (C=O) groups excluding carboxylic acids is 2. The quantitative estimate of drug-likeness (QED) is 0.663. The van der Waals surface area contributed by atoms with Crippen molar-refractivity contribution >= 4 is 29.9 Å². The lowest BCUT2D eigenvalue weighted by Crippen LogP contribution is -2.30. The van der Waals surface area contributed by atoms with Crippen molar-refractivity contribution in [2.45, 2.75) is 26.2 Å². The molecule has 0 aliphatic carbocycles. The third-order valence-electron chi connectivity index (χ3n) is 3.95. The number of para-hydroxylation sites is 1. The zero-order valence-electron chi connectivity index (χ0n) is 15.0. The number of anilines is 1. The first-order valence-electron chi connectivity index (χ1n) is 8.59. The molecule has 2 amide bonds. The number of rotatable bonds is 8. The molecule has 2 aromatic rings. The molecular weight excluding hydrogens is 350 g/mol. The van der Waals surface area contributed by atoms with E-state index >= 15 is 0 Å². The highest BCUT2D eigenvalue weighted by atomic mass is 35.5. The van der Waals surface area contributed by atoms with Crippen LogP contribution >= 0.6 is 12.4 Å². The fourth-order valence-electron chi connectivity index (χ4n) is 2.48. The van der Waals surface area contributed by atoms with Gasteiger partial charge < -0.3 is 16.4 Å². The second kappa shape index (κ2) is 11.3. The zero-order chi connectivity index (χ0) is 18.1. The summed E-state index contributed by atoms with van der Waals surface area (Å²) in [5, 5.41) is 5.55. The highest BCUT2D eigenvalue weighted by Crippen LogP contribution is 2.16. The Bertz CT molecular complexity index is 717. The molecule has 0 aliphatic rings. The van der Waals surface area contributed by atoms with Crippen molar-refractivity contribution in [3.05, 3.63) is 65.2 Å². The smallest absolute Gasteiger partial charge is 0.253 e. The van der Waals surface area contributed by atoms with Crippen molar-refractivity contribution in [1.29, 1.82) is 0 Å². The molecule has 0 aromatic heterocycles. The average Bonchev–Trinajstić information content (AvgIpc) is 2.65. The maximum atomic E-state index is 12.2. The fraction of sp³-hybridized carbons (Fsp3) is 0.300. The van der Waals surface area contributed by atoms with Crippen LogP contribution < -0.4 is 16.4 Å². The molecule has 0 saturated carbocycles. The van der Waals surface area contributed by atoms with Crippen LogP contribution in [0.4, 0.5) is 5.69 Å². The van der Waals surface area contributed by atoms with Crippen molar-refractivity contribution < 1.29 is 9.59 Å². The number of hydrogen-bond donors (Lipinski definition) is 3. The summed E-state index contributed by atoms with van der Waals surface area (Å²) in [6.45, 7) is 2.88. The molecule has 2 aromatic carbocycles. The largest absolute Gasteiger partial charge is 0.351 e. The molecule has 0 heterocycles. The predicted octanol–water partition coefficient (Wildman–Crippen LogP) is 2.93. The van der Waals surface area contributed by atoms with E-state index in [0.29, 0.717) is 37.2 Å². The summed E-state index contributed by atoms with van der Waals surface area (Å²) in [4.78, 5) is 24.4. The second-order valence-corrected chi connectivity index (χ2v) is 5.81. The molecule has 6 heteroatoms. The first kappa shape index (κ1) is 21.7. The van der Waals surface area contributed by atoms with Gasteiger partial charge in [0.2, 0.25) is 5.91 Å². The van der Waals surface area contributed by atoms with E-state index in [2.05, 4.69) is 41.8 Å². The van der Waals surface area contributed by atoms with E-state index in [1.807, 2.05) is 0 Å². The Morgan fingerprint density at radius 1 is 1.00 bits per heavy atom. The van der Waals surface area contributed by atoms with Crippen LogP contribution in [0.1, 0.15) is 34.8 Å². The molecule has 5 nitrogen and oxygen atoms in total. The van der Waals surface area contributed by atoms with Gasteiger partial charge in [0.25, 0.3) is 5.91 Å². The molecule has 0 bridgehead atoms. The van der Waals surface area contributed by atoms with Crippen molar-refractivity contribution in [2.75, 3.05) is 18.4 Å². The zero-order valence-corrected chi connectivity index (χ0v) is 15.8. The van der Waals surface area contributed by atoms with Gasteiger partial charge >= 0.3 is 0 Å². The number of nitrogens with one attached hydrogen (secondary N) is 2. The van der Waals surface area contributed by atoms with Gasteiger partial charge in [0.05, 0.1) is 11.3 Å². The van der Waals surface area contributed by atoms with Gasteiger partial charge in [-0.3, -0.25) is 9.59 Å². The van der Waals surface area contributed by atoms with Crippen LogP contribution in [0.3, 0.4) is 0 Å². The minimum Gasteiger partial charge on any atom is -0.351 e. The molecule has 0 spiro atoms. The van der Waals surface area contributed by atoms with Gasteiger partial charge in [-0.25, -0.2) is 0 Å². The molecule has 4 N–H and O–H groups in total. The summed E-state index contributed by atoms with van der Waals surface area (Å²) in [6, 6.07) is 15.3. The van der Waals surface area contributed by atoms with Crippen LogP contribution in [0.15, 0.2) is 48.5 Å². The van der Waals surface area contributed by atoms with Gasteiger partial charge in [0.1, 0.15) is 0 Å². The molecule has 0 aliphatic heterocycles. The molecule has 0 saturated heterocycles. The summed E-state index contributed by atoms with van der Waals surface area (Å²) in [5.74, 6) is -0.352. The van der Waals surface area contributed by atoms with Crippen molar-refractivity contribution in [1.82, 2.24) is 5.32 Å². The fourth-order valence-corrected chi connectivity index (χ4v) is 2.48. The lowest BCUT2D eigenvalue weighted by atomic mass is 10.1. The standard InChI is InChI=1S/C20H25N3O2.ClH/c1-2-15-7-9-16(10-8-15)11-12-19(24)23-18-6-4-3-5-17(18)20(25)22-14-13-21;/h3-10H,2,11-14,21H2,1H3,(H,22,25)(H,23,24);1H. The third-order valence-corrected chi connectivity index (χ3v) is 3.95. The Kier molecular flexibility index (Phi) is 9.41. The highest BCUT2D eigenvalue weighted by molar-refractivity contribution is 6.03. The summed E-state index contributed by atoms with van der Waals surface area (Å²) in [5.41, 5.74) is 8.77. The molecule has 2 rings (SSSR count). The normalized spacial score (nSPS) is 9.92. The Labute approximate surface area is 160 Å². The van der Waals surface area contributed by atoms with Gasteiger partial charge in [0.15, 0.2) is 0 Å². The summed E-state index contributed by atoms with van der Waals surface area (Å²) < 4.78 is 0. The molecular formula is C20H26ClN3O2. The molecule has 0 radical (unpaired) electrons. The van der Waals surface area contributed by atoms with Crippen LogP contribution in [0.5, 0.6) is 0 Å². The topological polar surface area (TPSA) is 84.2 Å². The maximum Gasteiger partial charge on any atom is 0.253 e. The summed E-state index contributed by atoms with van der Waals surface area (Å²) >= 11 is 0. The van der Waals surface area contributed by atoms with E-state index < -0.39 is 0 Å². The monoisotopic (exact) mass is 375 g/mol. The number of hydrogen-bond acceptors (Lipinski definition) is 3. The van der Waals surface area contributed by atoms with E-state index in [9.17, 15) is 9.59 Å². The van der Waals surface area contributed by atoms with Gasteiger partial charge in [-0.15, -0.1) is 12.4 Å². The predicted molar refractivity (Wildman–Crippen MR) is 108 cm³/mol. The number of amides is 2. The first-order chi connectivity index (χ1) is 12.1. The number of carbonyl (C=O) groups is 2. The van der Waals surface area contributed by atoms with Crippen molar-refractivity contribution in [3.8, 4) is 0 Å². The Hall–Kier alpha value is -2.37.